The second-order valence-corrected chi connectivity index (χ2v) is 7.32. The molecule has 1 heterocycles. The van der Waals surface area contributed by atoms with Gasteiger partial charge in [-0.25, -0.2) is 9.18 Å². The van der Waals surface area contributed by atoms with E-state index >= 15 is 0 Å². The van der Waals surface area contributed by atoms with Gasteiger partial charge in [-0.2, -0.15) is 0 Å². The number of piperazine rings is 1. The summed E-state index contributed by atoms with van der Waals surface area (Å²) in [7, 11) is 0. The molecular weight excluding hydrogens is 389 g/mol. The van der Waals surface area contributed by atoms with Crippen LogP contribution in [0.2, 0.25) is 0 Å². The third kappa shape index (κ3) is 5.14. The molecule has 0 bridgehead atoms. The van der Waals surface area contributed by atoms with Crippen molar-refractivity contribution in [1.29, 1.82) is 0 Å². The molecule has 0 spiro atoms. The molecule has 0 aliphatic carbocycles. The maximum atomic E-state index is 13.4. The summed E-state index contributed by atoms with van der Waals surface area (Å²) in [6, 6.07) is 12.7. The summed E-state index contributed by atoms with van der Waals surface area (Å²) in [4.78, 5) is 27.8. The van der Waals surface area contributed by atoms with Gasteiger partial charge in [-0.15, -0.1) is 0 Å². The van der Waals surface area contributed by atoms with Crippen molar-refractivity contribution in [3.8, 4) is 11.1 Å². The zero-order chi connectivity index (χ0) is 21.7. The van der Waals surface area contributed by atoms with Crippen LogP contribution < -0.4 is 10.2 Å². The van der Waals surface area contributed by atoms with E-state index in [0.717, 1.165) is 16.8 Å². The fourth-order valence-electron chi connectivity index (χ4n) is 3.49. The largest absolute Gasteiger partial charge is 0.391 e. The van der Waals surface area contributed by atoms with Crippen LogP contribution in [0, 0.1) is 5.82 Å². The second-order valence-electron chi connectivity index (χ2n) is 7.32. The van der Waals surface area contributed by atoms with Crippen LogP contribution in [0.15, 0.2) is 48.5 Å². The van der Waals surface area contributed by atoms with Crippen molar-refractivity contribution in [2.45, 2.75) is 19.1 Å². The first-order valence-corrected chi connectivity index (χ1v) is 9.87. The molecule has 0 aromatic heterocycles. The molecule has 8 heteroatoms. The molecule has 0 saturated carbocycles. The monoisotopic (exact) mass is 415 g/mol. The Morgan fingerprint density at radius 1 is 1.07 bits per heavy atom. The number of nitrogens with one attached hydrogen (secondary N) is 1. The van der Waals surface area contributed by atoms with Gasteiger partial charge in [0.2, 0.25) is 0 Å². The van der Waals surface area contributed by atoms with Crippen LogP contribution in [0.4, 0.5) is 14.9 Å². The van der Waals surface area contributed by atoms with Gasteiger partial charge in [0.25, 0.3) is 0 Å². The van der Waals surface area contributed by atoms with E-state index in [2.05, 4.69) is 10.2 Å². The standard InChI is InChI=1S/C22H26FN3O4/c1-15(28)21(20(29)14-27)24-22(30)26-11-9-25(10-12-26)19-7-5-16(6-8-19)17-3-2-4-18(23)13-17/h2-8,13,15,21,27-28H,9-12,14H2,1H3,(H,24,30)/t15-,21+/m0/s1. The number of carbonyl (C=O) groups is 2. The minimum absolute atomic E-state index is 0.274. The molecule has 1 aliphatic rings. The number of carbonyl (C=O) groups excluding carboxylic acids is 2. The molecule has 1 aliphatic heterocycles. The number of Topliss-reactive ketones (excluding diaryl/α,β-unsaturated/α-hetero) is 1. The summed E-state index contributed by atoms with van der Waals surface area (Å²) < 4.78 is 13.4. The number of rotatable bonds is 6. The molecule has 1 fully saturated rings. The van der Waals surface area contributed by atoms with E-state index in [1.54, 1.807) is 11.0 Å². The maximum Gasteiger partial charge on any atom is 0.318 e. The predicted octanol–water partition coefficient (Wildman–Crippen LogP) is 1.64. The Labute approximate surface area is 174 Å². The van der Waals surface area contributed by atoms with Crippen LogP contribution in [0.1, 0.15) is 6.92 Å². The summed E-state index contributed by atoms with van der Waals surface area (Å²) in [5, 5.41) is 21.2. The highest BCUT2D eigenvalue weighted by molar-refractivity contribution is 5.89. The zero-order valence-electron chi connectivity index (χ0n) is 16.8. The number of nitrogens with zero attached hydrogens (tertiary/aromatic N) is 2. The summed E-state index contributed by atoms with van der Waals surface area (Å²) in [6.45, 7) is 2.79. The van der Waals surface area contributed by atoms with Crippen LogP contribution in [0.5, 0.6) is 0 Å². The van der Waals surface area contributed by atoms with Gasteiger partial charge < -0.3 is 25.3 Å². The number of anilines is 1. The average Bonchev–Trinajstić information content (AvgIpc) is 2.77. The number of benzene rings is 2. The first-order valence-electron chi connectivity index (χ1n) is 9.87. The second kappa shape index (κ2) is 9.69. The highest BCUT2D eigenvalue weighted by atomic mass is 19.1. The van der Waals surface area contributed by atoms with E-state index in [1.807, 2.05) is 30.3 Å². The summed E-state index contributed by atoms with van der Waals surface area (Å²) in [6.07, 6.45) is -1.09. The van der Waals surface area contributed by atoms with Crippen molar-refractivity contribution in [3.63, 3.8) is 0 Å². The van der Waals surface area contributed by atoms with E-state index < -0.39 is 30.6 Å². The van der Waals surface area contributed by atoms with Gasteiger partial charge in [0, 0.05) is 31.9 Å². The number of aliphatic hydroxyl groups excluding tert-OH is 2. The Morgan fingerprint density at radius 3 is 2.30 bits per heavy atom. The van der Waals surface area contributed by atoms with E-state index in [0.29, 0.717) is 26.2 Å². The Bertz CT molecular complexity index is 880. The molecule has 1 saturated heterocycles. The minimum atomic E-state index is -1.13. The molecule has 3 rings (SSSR count). The van der Waals surface area contributed by atoms with E-state index in [9.17, 15) is 19.1 Å². The Morgan fingerprint density at radius 2 is 1.73 bits per heavy atom. The fourth-order valence-corrected chi connectivity index (χ4v) is 3.49. The van der Waals surface area contributed by atoms with Crippen molar-refractivity contribution >= 4 is 17.5 Å². The van der Waals surface area contributed by atoms with Gasteiger partial charge in [0.1, 0.15) is 18.5 Å². The molecule has 2 aromatic carbocycles. The smallest absolute Gasteiger partial charge is 0.318 e. The molecule has 30 heavy (non-hydrogen) atoms. The van der Waals surface area contributed by atoms with Crippen LogP contribution in [0.25, 0.3) is 11.1 Å². The van der Waals surface area contributed by atoms with Gasteiger partial charge in [-0.3, -0.25) is 4.79 Å². The molecule has 2 aromatic rings. The van der Waals surface area contributed by atoms with Crippen molar-refractivity contribution in [2.75, 3.05) is 37.7 Å². The van der Waals surface area contributed by atoms with Crippen LogP contribution in [-0.4, -0.2) is 71.9 Å². The lowest BCUT2D eigenvalue weighted by Gasteiger charge is -2.37. The van der Waals surface area contributed by atoms with Crippen molar-refractivity contribution in [3.05, 3.63) is 54.3 Å². The highest BCUT2D eigenvalue weighted by Crippen LogP contribution is 2.24. The number of ketones is 1. The normalized spacial score (nSPS) is 16.1. The Balaban J connectivity index is 1.57. The molecule has 7 nitrogen and oxygen atoms in total. The fraction of sp³-hybridized carbons (Fsp3) is 0.364. The molecule has 160 valence electrons. The summed E-state index contributed by atoms with van der Waals surface area (Å²) >= 11 is 0. The third-order valence-electron chi connectivity index (χ3n) is 5.22. The van der Waals surface area contributed by atoms with E-state index in [4.69, 9.17) is 5.11 Å². The van der Waals surface area contributed by atoms with Crippen LogP contribution >= 0.6 is 0 Å². The number of hydrogen-bond donors (Lipinski definition) is 3. The molecule has 2 atom stereocenters. The van der Waals surface area contributed by atoms with Gasteiger partial charge in [-0.1, -0.05) is 24.3 Å². The topological polar surface area (TPSA) is 93.1 Å². The maximum absolute atomic E-state index is 13.4. The highest BCUT2D eigenvalue weighted by Gasteiger charge is 2.28. The van der Waals surface area contributed by atoms with E-state index in [-0.39, 0.29) is 5.82 Å². The molecule has 3 N–H and O–H groups in total. The number of urea groups is 1. The molecule has 0 unspecified atom stereocenters. The first kappa shape index (κ1) is 21.7. The number of amides is 2. The lowest BCUT2D eigenvalue weighted by atomic mass is 10.0. The lowest BCUT2D eigenvalue weighted by Crippen LogP contribution is -2.57. The minimum Gasteiger partial charge on any atom is -0.391 e. The first-order chi connectivity index (χ1) is 14.4. The molecular formula is C22H26FN3O4. The van der Waals surface area contributed by atoms with Gasteiger partial charge in [0.05, 0.1) is 6.10 Å². The van der Waals surface area contributed by atoms with E-state index in [1.165, 1.54) is 19.1 Å². The lowest BCUT2D eigenvalue weighted by molar-refractivity contribution is -0.125. The quantitative estimate of drug-likeness (QED) is 0.667. The van der Waals surface area contributed by atoms with Crippen LogP contribution in [0.3, 0.4) is 0 Å². The molecule has 0 radical (unpaired) electrons. The number of aliphatic hydroxyl groups is 2. The Hall–Kier alpha value is -2.97. The average molecular weight is 415 g/mol. The SMILES string of the molecule is C[C@H](O)[C@@H](NC(=O)N1CCN(c2ccc(-c3cccc(F)c3)cc2)CC1)C(=O)CO. The third-order valence-corrected chi connectivity index (χ3v) is 5.22. The van der Waals surface area contributed by atoms with Gasteiger partial charge in [0.15, 0.2) is 5.78 Å². The zero-order valence-corrected chi connectivity index (χ0v) is 16.8. The summed E-state index contributed by atoms with van der Waals surface area (Å²) in [5.41, 5.74) is 2.75. The number of halogens is 1. The summed E-state index contributed by atoms with van der Waals surface area (Å²) in [5.74, 6) is -0.903. The van der Waals surface area contributed by atoms with Crippen molar-refractivity contribution in [1.82, 2.24) is 10.2 Å². The Kier molecular flexibility index (Phi) is 7.02. The van der Waals surface area contributed by atoms with Crippen molar-refractivity contribution in [2.24, 2.45) is 0 Å². The van der Waals surface area contributed by atoms with Crippen LogP contribution in [-0.2, 0) is 4.79 Å². The predicted molar refractivity (Wildman–Crippen MR) is 112 cm³/mol. The van der Waals surface area contributed by atoms with Gasteiger partial charge in [-0.05, 0) is 42.3 Å². The molecule has 2 amide bonds. The number of hydrogen-bond acceptors (Lipinski definition) is 5. The van der Waals surface area contributed by atoms with Gasteiger partial charge >= 0.3 is 6.03 Å². The van der Waals surface area contributed by atoms with Crippen molar-refractivity contribution < 1.29 is 24.2 Å².